The molecule has 8 heteroatoms. The third kappa shape index (κ3) is 6.74. The van der Waals surface area contributed by atoms with Gasteiger partial charge in [0.2, 0.25) is 0 Å². The number of aliphatic imine (C=N–C) groups is 1. The Balaban J connectivity index is 2.10. The highest BCUT2D eigenvalue weighted by Gasteiger charge is 2.15. The van der Waals surface area contributed by atoms with Crippen molar-refractivity contribution in [3.8, 4) is 10.9 Å². The van der Waals surface area contributed by atoms with Gasteiger partial charge in [0.05, 0.1) is 29.9 Å². The molecule has 0 spiro atoms. The van der Waals surface area contributed by atoms with Crippen LogP contribution in [0.5, 0.6) is 10.9 Å². The highest BCUT2D eigenvalue weighted by atomic mass is 35.5. The van der Waals surface area contributed by atoms with Gasteiger partial charge in [-0.2, -0.15) is 5.48 Å². The zero-order valence-electron chi connectivity index (χ0n) is 17.6. The van der Waals surface area contributed by atoms with Crippen LogP contribution in [0.3, 0.4) is 0 Å². The van der Waals surface area contributed by atoms with E-state index in [1.54, 1.807) is 0 Å². The summed E-state index contributed by atoms with van der Waals surface area (Å²) >= 11 is 7.60. The number of rotatable bonds is 8. The van der Waals surface area contributed by atoms with E-state index in [1.807, 2.05) is 65.0 Å². The van der Waals surface area contributed by atoms with Crippen LogP contribution in [0.4, 0.5) is 5.69 Å². The number of benzene rings is 1. The average molecular weight is 425 g/mol. The molecule has 6 nitrogen and oxygen atoms in total. The molecular weight excluding hydrogens is 396 g/mol. The van der Waals surface area contributed by atoms with Gasteiger partial charge >= 0.3 is 0 Å². The van der Waals surface area contributed by atoms with Gasteiger partial charge in [0.25, 0.3) is 5.19 Å². The third-order valence-electron chi connectivity index (χ3n) is 3.83. The molecule has 28 heavy (non-hydrogen) atoms. The lowest BCUT2D eigenvalue weighted by molar-refractivity contribution is -0.0760. The molecule has 2 aromatic rings. The van der Waals surface area contributed by atoms with E-state index < -0.39 is 0 Å². The molecule has 1 heterocycles. The maximum Gasteiger partial charge on any atom is 0.280 e. The van der Waals surface area contributed by atoms with Crippen LogP contribution < -0.4 is 10.2 Å². The summed E-state index contributed by atoms with van der Waals surface area (Å²) in [6.45, 7) is 13.3. The Bertz CT molecular complexity index is 830. The maximum atomic E-state index is 6.30. The molecule has 1 N–H and O–H groups in total. The summed E-state index contributed by atoms with van der Waals surface area (Å²) in [5.74, 6) is 0.746. The van der Waals surface area contributed by atoms with E-state index >= 15 is 0 Å². The summed E-state index contributed by atoms with van der Waals surface area (Å²) in [7, 11) is 1.99. The minimum absolute atomic E-state index is 0.285. The van der Waals surface area contributed by atoms with Crippen molar-refractivity contribution < 1.29 is 9.57 Å². The Morgan fingerprint density at radius 1 is 1.29 bits per heavy atom. The van der Waals surface area contributed by atoms with Gasteiger partial charge in [-0.3, -0.25) is 4.84 Å². The molecule has 0 radical (unpaired) electrons. The van der Waals surface area contributed by atoms with Crippen molar-refractivity contribution in [2.45, 2.75) is 53.7 Å². The lowest BCUT2D eigenvalue weighted by Crippen LogP contribution is -2.28. The van der Waals surface area contributed by atoms with Crippen molar-refractivity contribution >= 4 is 35.0 Å². The fraction of sp³-hybridized carbons (Fsp3) is 0.500. The molecule has 0 aliphatic heterocycles. The van der Waals surface area contributed by atoms with Crippen molar-refractivity contribution in [1.82, 2.24) is 15.4 Å². The van der Waals surface area contributed by atoms with Gasteiger partial charge in [-0.05, 0) is 64.8 Å². The highest BCUT2D eigenvalue weighted by molar-refractivity contribution is 7.17. The van der Waals surface area contributed by atoms with Gasteiger partial charge < -0.3 is 9.64 Å². The average Bonchev–Trinajstić information content (AvgIpc) is 2.94. The van der Waals surface area contributed by atoms with Crippen LogP contribution in [0.1, 0.15) is 44.5 Å². The van der Waals surface area contributed by atoms with Crippen LogP contribution in [0, 0.1) is 13.8 Å². The predicted octanol–water partition coefficient (Wildman–Crippen LogP) is 5.64. The molecule has 1 aromatic heterocycles. The smallest absolute Gasteiger partial charge is 0.280 e. The monoisotopic (exact) mass is 424 g/mol. The minimum atomic E-state index is -0.285. The number of aryl methyl sites for hydroxylation is 2. The van der Waals surface area contributed by atoms with Crippen LogP contribution in [0.25, 0.3) is 0 Å². The first-order valence-electron chi connectivity index (χ1n) is 9.18. The second-order valence-corrected chi connectivity index (χ2v) is 9.12. The standard InChI is InChI=1S/C20H29ClN4O2S/c1-8-25(7)12-22-15-9-14(3)17(10-13(15)2)26-19-24-16(18(21)28-19)11-23-27-20(4,5)6/h9-10,12,23H,8,11H2,1-7H3. The van der Waals surface area contributed by atoms with Gasteiger partial charge in [0, 0.05) is 13.6 Å². The van der Waals surface area contributed by atoms with Gasteiger partial charge in [0.1, 0.15) is 10.1 Å². The third-order valence-corrected chi connectivity index (χ3v) is 5.05. The van der Waals surface area contributed by atoms with Crippen molar-refractivity contribution in [2.75, 3.05) is 13.6 Å². The van der Waals surface area contributed by atoms with Crippen LogP contribution in [0.15, 0.2) is 17.1 Å². The van der Waals surface area contributed by atoms with Gasteiger partial charge in [0.15, 0.2) is 0 Å². The highest BCUT2D eigenvalue weighted by Crippen LogP contribution is 2.36. The van der Waals surface area contributed by atoms with E-state index in [-0.39, 0.29) is 5.60 Å². The molecular formula is C20H29ClN4O2S. The number of nitrogens with one attached hydrogen (secondary N) is 1. The zero-order chi connectivity index (χ0) is 20.9. The lowest BCUT2D eigenvalue weighted by atomic mass is 10.1. The largest absolute Gasteiger partial charge is 0.431 e. The Morgan fingerprint density at radius 2 is 2.00 bits per heavy atom. The molecule has 0 bridgehead atoms. The zero-order valence-corrected chi connectivity index (χ0v) is 19.2. The molecule has 0 saturated carbocycles. The minimum Gasteiger partial charge on any atom is -0.431 e. The van der Waals surface area contributed by atoms with Gasteiger partial charge in [-0.25, -0.2) is 9.98 Å². The van der Waals surface area contributed by atoms with E-state index in [0.717, 1.165) is 29.1 Å². The summed E-state index contributed by atoms with van der Waals surface area (Å²) in [6.07, 6.45) is 1.84. The molecule has 1 aromatic carbocycles. The van der Waals surface area contributed by atoms with E-state index in [2.05, 4.69) is 22.4 Å². The Morgan fingerprint density at radius 3 is 2.64 bits per heavy atom. The van der Waals surface area contributed by atoms with Crippen molar-refractivity contribution in [3.63, 3.8) is 0 Å². The molecule has 154 valence electrons. The SMILES string of the molecule is CCN(C)C=Nc1cc(C)c(Oc2nc(CNOC(C)(C)C)c(Cl)s2)cc1C. The Kier molecular flexibility index (Phi) is 7.83. The molecule has 0 fully saturated rings. The molecule has 2 rings (SSSR count). The van der Waals surface area contributed by atoms with E-state index in [9.17, 15) is 0 Å². The molecule has 0 aliphatic carbocycles. The molecule has 0 unspecified atom stereocenters. The second-order valence-electron chi connectivity index (χ2n) is 7.56. The van der Waals surface area contributed by atoms with E-state index in [0.29, 0.717) is 21.8 Å². The van der Waals surface area contributed by atoms with Crippen LogP contribution >= 0.6 is 22.9 Å². The quantitative estimate of drug-likeness (QED) is 0.337. The summed E-state index contributed by atoms with van der Waals surface area (Å²) in [5.41, 5.74) is 6.25. The number of nitrogens with zero attached hydrogens (tertiary/aromatic N) is 3. The van der Waals surface area contributed by atoms with Gasteiger partial charge in [-0.15, -0.1) is 0 Å². The summed E-state index contributed by atoms with van der Waals surface area (Å²) in [6, 6.07) is 3.99. The number of hydrogen-bond acceptors (Lipinski definition) is 6. The number of thiazole rings is 1. The first kappa shape index (κ1) is 22.6. The molecule has 0 aliphatic rings. The van der Waals surface area contributed by atoms with Crippen molar-refractivity contribution in [2.24, 2.45) is 4.99 Å². The van der Waals surface area contributed by atoms with Crippen LogP contribution in [-0.4, -0.2) is 35.4 Å². The van der Waals surface area contributed by atoms with Crippen molar-refractivity contribution in [3.05, 3.63) is 33.3 Å². The van der Waals surface area contributed by atoms with Crippen LogP contribution in [-0.2, 0) is 11.4 Å². The number of aromatic nitrogens is 1. The molecule has 0 amide bonds. The first-order valence-corrected chi connectivity index (χ1v) is 10.4. The topological polar surface area (TPSA) is 59.0 Å². The lowest BCUT2D eigenvalue weighted by Gasteiger charge is -2.18. The Hall–Kier alpha value is -1.67. The molecule has 0 atom stereocenters. The van der Waals surface area contributed by atoms with E-state index in [4.69, 9.17) is 21.2 Å². The van der Waals surface area contributed by atoms with Crippen LogP contribution in [0.2, 0.25) is 4.34 Å². The maximum absolute atomic E-state index is 6.30. The number of hydroxylamine groups is 1. The number of halogens is 1. The fourth-order valence-electron chi connectivity index (χ4n) is 2.15. The van der Waals surface area contributed by atoms with Gasteiger partial charge in [-0.1, -0.05) is 22.9 Å². The van der Waals surface area contributed by atoms with Crippen molar-refractivity contribution in [1.29, 1.82) is 0 Å². The second kappa shape index (κ2) is 9.69. The Labute approximate surface area is 176 Å². The number of hydrogen-bond donors (Lipinski definition) is 1. The first-order chi connectivity index (χ1) is 13.1. The fourth-order valence-corrected chi connectivity index (χ4v) is 3.13. The summed E-state index contributed by atoms with van der Waals surface area (Å²) < 4.78 is 6.57. The predicted molar refractivity (Wildman–Crippen MR) is 117 cm³/mol. The summed E-state index contributed by atoms with van der Waals surface area (Å²) in [5, 5.41) is 0.502. The normalized spacial score (nSPS) is 12.0. The molecule has 0 saturated heterocycles. The summed E-state index contributed by atoms with van der Waals surface area (Å²) in [4.78, 5) is 16.6. The van der Waals surface area contributed by atoms with E-state index in [1.165, 1.54) is 11.3 Å². The number of ether oxygens (including phenoxy) is 1.